The first-order valence-corrected chi connectivity index (χ1v) is 11.7. The number of hydrogen-bond acceptors (Lipinski definition) is 3. The number of nitrogens with one attached hydrogen (secondary N) is 2. The summed E-state index contributed by atoms with van der Waals surface area (Å²) in [6.45, 7) is 4.94. The van der Waals surface area contributed by atoms with Gasteiger partial charge in [0.2, 0.25) is 5.91 Å². The summed E-state index contributed by atoms with van der Waals surface area (Å²) in [7, 11) is 0. The van der Waals surface area contributed by atoms with Gasteiger partial charge < -0.3 is 15.4 Å². The van der Waals surface area contributed by atoms with E-state index in [1.807, 2.05) is 68.4 Å². The quantitative estimate of drug-likeness (QED) is 0.317. The van der Waals surface area contributed by atoms with Crippen LogP contribution in [0.25, 0.3) is 0 Å². The highest BCUT2D eigenvalue weighted by Crippen LogP contribution is 2.25. The zero-order valence-electron chi connectivity index (χ0n) is 19.5. The van der Waals surface area contributed by atoms with Crippen LogP contribution in [0.5, 0.6) is 11.5 Å². The van der Waals surface area contributed by atoms with Crippen LogP contribution in [0.1, 0.15) is 26.7 Å². The minimum atomic E-state index is -0.271. The topological polar surface area (TPSA) is 70.7 Å². The fraction of sp³-hybridized carbons (Fsp3) is 0.259. The molecule has 3 aromatic carbocycles. The summed E-state index contributed by atoms with van der Waals surface area (Å²) < 4.78 is 5.86. The number of halogens is 1. The van der Waals surface area contributed by atoms with Gasteiger partial charge in [0.25, 0.3) is 0 Å². The van der Waals surface area contributed by atoms with Crippen molar-refractivity contribution < 1.29 is 14.3 Å². The average molecular weight is 480 g/mol. The Morgan fingerprint density at radius 2 is 1.56 bits per heavy atom. The lowest BCUT2D eigenvalue weighted by Gasteiger charge is -2.24. The van der Waals surface area contributed by atoms with Crippen molar-refractivity contribution in [2.45, 2.75) is 26.7 Å². The van der Waals surface area contributed by atoms with Crippen LogP contribution in [0.4, 0.5) is 16.2 Å². The molecule has 7 heteroatoms. The van der Waals surface area contributed by atoms with Gasteiger partial charge in [0.15, 0.2) is 0 Å². The van der Waals surface area contributed by atoms with Gasteiger partial charge in [-0.15, -0.1) is 0 Å². The lowest BCUT2D eigenvalue weighted by molar-refractivity contribution is -0.121. The van der Waals surface area contributed by atoms with E-state index in [1.54, 1.807) is 29.2 Å². The second kappa shape index (κ2) is 12.7. The summed E-state index contributed by atoms with van der Waals surface area (Å²) in [6, 6.07) is 23.5. The van der Waals surface area contributed by atoms with Crippen LogP contribution in [0.15, 0.2) is 78.9 Å². The van der Waals surface area contributed by atoms with E-state index in [1.165, 1.54) is 0 Å². The van der Waals surface area contributed by atoms with Crippen molar-refractivity contribution in [2.75, 3.05) is 23.3 Å². The maximum absolute atomic E-state index is 13.1. The molecule has 178 valence electrons. The Balaban J connectivity index is 1.67. The smallest absolute Gasteiger partial charge is 0.326 e. The number of ether oxygens (including phenoxy) is 1. The number of carbonyl (C=O) groups is 2. The van der Waals surface area contributed by atoms with Gasteiger partial charge in [-0.3, -0.25) is 9.69 Å². The molecule has 0 fully saturated rings. The monoisotopic (exact) mass is 479 g/mol. The van der Waals surface area contributed by atoms with Gasteiger partial charge in [-0.2, -0.15) is 0 Å². The zero-order valence-corrected chi connectivity index (χ0v) is 20.2. The standard InChI is InChI=1S/C27H30ClN3O3/c1-20(2)19-26(32)29-17-6-18-31(27(33)30-22-11-9-21(28)10-12-22)23-13-15-25(16-14-23)34-24-7-4-3-5-8-24/h3-5,7-16,20H,6,17-19H2,1-2H3,(H,29,32)(H,30,33). The fourth-order valence-electron chi connectivity index (χ4n) is 3.30. The molecular formula is C27H30ClN3O3. The van der Waals surface area contributed by atoms with Gasteiger partial charge in [-0.25, -0.2) is 4.79 Å². The summed E-state index contributed by atoms with van der Waals surface area (Å²) in [5.74, 6) is 1.74. The van der Waals surface area contributed by atoms with Crippen molar-refractivity contribution in [3.05, 3.63) is 83.9 Å². The summed E-state index contributed by atoms with van der Waals surface area (Å²) >= 11 is 5.95. The molecule has 0 unspecified atom stereocenters. The van der Waals surface area contributed by atoms with Crippen LogP contribution >= 0.6 is 11.6 Å². The van der Waals surface area contributed by atoms with Crippen LogP contribution in [0, 0.1) is 5.92 Å². The molecule has 3 amide bonds. The summed E-state index contributed by atoms with van der Waals surface area (Å²) in [5, 5.41) is 6.43. The van der Waals surface area contributed by atoms with Crippen molar-refractivity contribution in [3.63, 3.8) is 0 Å². The predicted octanol–water partition coefficient (Wildman–Crippen LogP) is 6.72. The molecule has 0 bridgehead atoms. The molecule has 0 saturated heterocycles. The minimum absolute atomic E-state index is 0.0228. The SMILES string of the molecule is CC(C)CC(=O)NCCCN(C(=O)Nc1ccc(Cl)cc1)c1ccc(Oc2ccccc2)cc1. The number of benzene rings is 3. The Morgan fingerprint density at radius 3 is 2.21 bits per heavy atom. The lowest BCUT2D eigenvalue weighted by atomic mass is 10.1. The number of carbonyl (C=O) groups excluding carboxylic acids is 2. The Bertz CT molecular complexity index is 1050. The van der Waals surface area contributed by atoms with Gasteiger partial charge >= 0.3 is 6.03 Å². The molecule has 3 aromatic rings. The third kappa shape index (κ3) is 8.12. The highest BCUT2D eigenvalue weighted by Gasteiger charge is 2.16. The van der Waals surface area contributed by atoms with Crippen LogP contribution in [-0.4, -0.2) is 25.0 Å². The highest BCUT2D eigenvalue weighted by molar-refractivity contribution is 6.30. The number of urea groups is 1. The molecule has 6 nitrogen and oxygen atoms in total. The van der Waals surface area contributed by atoms with Crippen molar-refractivity contribution in [2.24, 2.45) is 5.92 Å². The lowest BCUT2D eigenvalue weighted by Crippen LogP contribution is -2.37. The predicted molar refractivity (Wildman–Crippen MR) is 138 cm³/mol. The van der Waals surface area contributed by atoms with Crippen molar-refractivity contribution in [3.8, 4) is 11.5 Å². The van der Waals surface area contributed by atoms with Crippen LogP contribution in [-0.2, 0) is 4.79 Å². The maximum Gasteiger partial charge on any atom is 0.326 e. The van der Waals surface area contributed by atoms with Crippen molar-refractivity contribution >= 4 is 34.9 Å². The normalized spacial score (nSPS) is 10.6. The van der Waals surface area contributed by atoms with Gasteiger partial charge in [-0.1, -0.05) is 43.6 Å². The van der Waals surface area contributed by atoms with E-state index in [0.717, 1.165) is 11.4 Å². The average Bonchev–Trinajstić information content (AvgIpc) is 2.81. The molecule has 3 rings (SSSR count). The molecular weight excluding hydrogens is 450 g/mol. The maximum atomic E-state index is 13.1. The minimum Gasteiger partial charge on any atom is -0.457 e. The van der Waals surface area contributed by atoms with Crippen molar-refractivity contribution in [1.29, 1.82) is 0 Å². The third-order valence-electron chi connectivity index (χ3n) is 4.94. The first-order valence-electron chi connectivity index (χ1n) is 11.3. The van der Waals surface area contributed by atoms with E-state index >= 15 is 0 Å². The number of amides is 3. The van der Waals surface area contributed by atoms with E-state index < -0.39 is 0 Å². The number of hydrogen-bond donors (Lipinski definition) is 2. The molecule has 0 aliphatic carbocycles. The summed E-state index contributed by atoms with van der Waals surface area (Å²) in [5.41, 5.74) is 1.37. The number of nitrogens with zero attached hydrogens (tertiary/aromatic N) is 1. The second-order valence-corrected chi connectivity index (χ2v) is 8.74. The van der Waals surface area contributed by atoms with Crippen LogP contribution in [0.2, 0.25) is 5.02 Å². The first kappa shape index (κ1) is 25.1. The Labute approximate surface area is 205 Å². The summed E-state index contributed by atoms with van der Waals surface area (Å²) in [6.07, 6.45) is 1.10. The van der Waals surface area contributed by atoms with Gasteiger partial charge in [0.1, 0.15) is 11.5 Å². The number of para-hydroxylation sites is 1. The highest BCUT2D eigenvalue weighted by atomic mass is 35.5. The summed E-state index contributed by atoms with van der Waals surface area (Å²) in [4.78, 5) is 26.7. The molecule has 0 aromatic heterocycles. The molecule has 0 aliphatic rings. The van der Waals surface area contributed by atoms with E-state index in [-0.39, 0.29) is 11.9 Å². The molecule has 0 aliphatic heterocycles. The molecule has 0 atom stereocenters. The Kier molecular flexibility index (Phi) is 9.35. The van der Waals surface area contributed by atoms with Crippen LogP contribution in [0.3, 0.4) is 0 Å². The van der Waals surface area contributed by atoms with Crippen molar-refractivity contribution in [1.82, 2.24) is 5.32 Å². The number of anilines is 2. The van der Waals surface area contributed by atoms with E-state index in [0.29, 0.717) is 48.3 Å². The molecule has 0 saturated carbocycles. The molecule has 0 spiro atoms. The van der Waals surface area contributed by atoms with Gasteiger partial charge in [0.05, 0.1) is 0 Å². The molecule has 0 radical (unpaired) electrons. The first-order chi connectivity index (χ1) is 16.4. The van der Waals surface area contributed by atoms with E-state index in [9.17, 15) is 9.59 Å². The molecule has 0 heterocycles. The van der Waals surface area contributed by atoms with Crippen LogP contribution < -0.4 is 20.3 Å². The van der Waals surface area contributed by atoms with Gasteiger partial charge in [-0.05, 0) is 73.0 Å². The Hall–Kier alpha value is -3.51. The fourth-order valence-corrected chi connectivity index (χ4v) is 3.42. The van der Waals surface area contributed by atoms with E-state index in [4.69, 9.17) is 16.3 Å². The third-order valence-corrected chi connectivity index (χ3v) is 5.19. The molecule has 2 N–H and O–H groups in total. The second-order valence-electron chi connectivity index (χ2n) is 8.30. The zero-order chi connectivity index (χ0) is 24.3. The van der Waals surface area contributed by atoms with E-state index in [2.05, 4.69) is 10.6 Å². The molecule has 34 heavy (non-hydrogen) atoms. The largest absolute Gasteiger partial charge is 0.457 e. The Morgan fingerprint density at radius 1 is 0.912 bits per heavy atom. The number of rotatable bonds is 10. The van der Waals surface area contributed by atoms with Gasteiger partial charge in [0, 0.05) is 35.9 Å².